The summed E-state index contributed by atoms with van der Waals surface area (Å²) < 4.78 is 2.24. The van der Waals surface area contributed by atoms with Crippen LogP contribution in [0.5, 0.6) is 0 Å². The molecule has 0 N–H and O–H groups in total. The monoisotopic (exact) mass is 383 g/mol. The molecule has 0 amide bonds. The van der Waals surface area contributed by atoms with Crippen molar-refractivity contribution in [2.24, 2.45) is 12.5 Å². The number of rotatable bonds is 2. The van der Waals surface area contributed by atoms with Gasteiger partial charge in [0.15, 0.2) is 6.20 Å². The molecule has 2 aromatic carbocycles. The number of aromatic nitrogens is 2. The van der Waals surface area contributed by atoms with Gasteiger partial charge in [-0.1, -0.05) is 38.5 Å². The lowest BCUT2D eigenvalue weighted by Gasteiger charge is -2.19. The van der Waals surface area contributed by atoms with E-state index >= 15 is 0 Å². The molecule has 0 saturated heterocycles. The van der Waals surface area contributed by atoms with E-state index in [9.17, 15) is 0 Å². The average Bonchev–Trinajstić information content (AvgIpc) is 2.63. The van der Waals surface area contributed by atoms with Crippen molar-refractivity contribution in [3.63, 3.8) is 0 Å². The van der Waals surface area contributed by atoms with Crippen molar-refractivity contribution in [1.82, 2.24) is 4.98 Å². The maximum Gasteiger partial charge on any atom is 0.220 e. The summed E-state index contributed by atoms with van der Waals surface area (Å²) in [4.78, 5) is 4.81. The van der Waals surface area contributed by atoms with E-state index in [2.05, 4.69) is 95.8 Å². The van der Waals surface area contributed by atoms with Crippen LogP contribution in [0.2, 0.25) is 0 Å². The normalized spacial score (nSPS) is 12.1. The number of fused-ring (bicyclic) bond motifs is 3. The van der Waals surface area contributed by atoms with E-state index in [1.807, 2.05) is 6.20 Å². The van der Waals surface area contributed by atoms with Crippen molar-refractivity contribution in [3.8, 4) is 11.3 Å². The average molecular weight is 384 g/mol. The van der Waals surface area contributed by atoms with Crippen molar-refractivity contribution in [2.75, 3.05) is 0 Å². The SMILES string of the molecule is Cc1cc(C)c(C)c(-c2c3ccc4c(CC(C)(C)C)ccnc4c3cc[n+]2C)c1. The number of aryl methyl sites for hydroxylation is 3. The number of hydrogen-bond acceptors (Lipinski definition) is 1. The van der Waals surface area contributed by atoms with Crippen LogP contribution in [-0.2, 0) is 13.5 Å². The summed E-state index contributed by atoms with van der Waals surface area (Å²) in [5, 5.41) is 3.76. The van der Waals surface area contributed by atoms with Crippen LogP contribution in [0.1, 0.15) is 43.0 Å². The van der Waals surface area contributed by atoms with Gasteiger partial charge in [0.1, 0.15) is 7.05 Å². The summed E-state index contributed by atoms with van der Waals surface area (Å²) in [5.41, 5.74) is 9.27. The highest BCUT2D eigenvalue weighted by molar-refractivity contribution is 6.09. The van der Waals surface area contributed by atoms with E-state index < -0.39 is 0 Å². The Labute approximate surface area is 174 Å². The molecular formula is C27H31N2+. The van der Waals surface area contributed by atoms with Crippen LogP contribution in [0.15, 0.2) is 48.8 Å². The van der Waals surface area contributed by atoms with Crippen molar-refractivity contribution in [2.45, 2.75) is 48.0 Å². The molecule has 148 valence electrons. The Morgan fingerprint density at radius 2 is 1.62 bits per heavy atom. The van der Waals surface area contributed by atoms with E-state index in [0.717, 1.165) is 11.9 Å². The third kappa shape index (κ3) is 3.53. The molecule has 0 aliphatic rings. The van der Waals surface area contributed by atoms with Gasteiger partial charge in [-0.2, -0.15) is 0 Å². The second-order valence-corrected chi connectivity index (χ2v) is 9.66. The molecule has 0 atom stereocenters. The number of hydrogen-bond donors (Lipinski definition) is 0. The lowest BCUT2D eigenvalue weighted by atomic mass is 9.86. The third-order valence-corrected chi connectivity index (χ3v) is 5.90. The number of benzene rings is 2. The molecule has 0 aliphatic carbocycles. The molecule has 2 aromatic heterocycles. The maximum absolute atomic E-state index is 4.81. The minimum Gasteiger partial charge on any atom is -0.256 e. The predicted octanol–water partition coefficient (Wildman–Crippen LogP) is 6.39. The summed E-state index contributed by atoms with van der Waals surface area (Å²) in [6.45, 7) is 13.5. The maximum atomic E-state index is 4.81. The highest BCUT2D eigenvalue weighted by Crippen LogP contribution is 2.35. The zero-order valence-corrected chi connectivity index (χ0v) is 18.7. The molecule has 0 saturated carbocycles. The molecule has 2 heterocycles. The lowest BCUT2D eigenvalue weighted by Crippen LogP contribution is -2.31. The van der Waals surface area contributed by atoms with Crippen LogP contribution >= 0.6 is 0 Å². The molecule has 0 radical (unpaired) electrons. The van der Waals surface area contributed by atoms with Gasteiger partial charge in [-0.3, -0.25) is 4.98 Å². The molecule has 0 spiro atoms. The van der Waals surface area contributed by atoms with Crippen molar-refractivity contribution in [3.05, 3.63) is 71.0 Å². The van der Waals surface area contributed by atoms with E-state index in [0.29, 0.717) is 0 Å². The minimum absolute atomic E-state index is 0.244. The van der Waals surface area contributed by atoms with Crippen molar-refractivity contribution < 1.29 is 4.57 Å². The van der Waals surface area contributed by atoms with Gasteiger partial charge in [0, 0.05) is 23.0 Å². The first-order valence-corrected chi connectivity index (χ1v) is 10.4. The van der Waals surface area contributed by atoms with Gasteiger partial charge in [-0.25, -0.2) is 4.57 Å². The highest BCUT2D eigenvalue weighted by Gasteiger charge is 2.21. The number of nitrogens with zero attached hydrogens (tertiary/aromatic N) is 2. The van der Waals surface area contributed by atoms with Crippen molar-refractivity contribution >= 4 is 21.7 Å². The van der Waals surface area contributed by atoms with E-state index in [1.54, 1.807) is 0 Å². The molecule has 0 aliphatic heterocycles. The van der Waals surface area contributed by atoms with Crippen molar-refractivity contribution in [1.29, 1.82) is 0 Å². The molecule has 0 fully saturated rings. The molecule has 4 rings (SSSR count). The van der Waals surface area contributed by atoms with Crippen LogP contribution in [0.25, 0.3) is 32.9 Å². The Bertz CT molecular complexity index is 1240. The summed E-state index contributed by atoms with van der Waals surface area (Å²) in [6.07, 6.45) is 5.19. The van der Waals surface area contributed by atoms with Crippen LogP contribution in [-0.4, -0.2) is 4.98 Å². The fourth-order valence-electron chi connectivity index (χ4n) is 4.47. The third-order valence-electron chi connectivity index (χ3n) is 5.90. The topological polar surface area (TPSA) is 16.8 Å². The first-order chi connectivity index (χ1) is 13.7. The van der Waals surface area contributed by atoms with Crippen LogP contribution in [0.4, 0.5) is 0 Å². The van der Waals surface area contributed by atoms with Crippen LogP contribution < -0.4 is 4.57 Å². The Morgan fingerprint density at radius 3 is 2.34 bits per heavy atom. The molecule has 0 bridgehead atoms. The van der Waals surface area contributed by atoms with Gasteiger partial charge in [-0.15, -0.1) is 0 Å². The Kier molecular flexibility index (Phi) is 4.69. The first kappa shape index (κ1) is 19.6. The molecule has 2 nitrogen and oxygen atoms in total. The summed E-state index contributed by atoms with van der Waals surface area (Å²) in [7, 11) is 2.14. The molecular weight excluding hydrogens is 352 g/mol. The number of pyridine rings is 2. The van der Waals surface area contributed by atoms with Gasteiger partial charge in [0.25, 0.3) is 0 Å². The van der Waals surface area contributed by atoms with Gasteiger partial charge in [0.2, 0.25) is 5.69 Å². The smallest absolute Gasteiger partial charge is 0.220 e. The lowest BCUT2D eigenvalue weighted by molar-refractivity contribution is -0.659. The Balaban J connectivity index is 2.05. The Hall–Kier alpha value is -2.74. The van der Waals surface area contributed by atoms with E-state index in [4.69, 9.17) is 4.98 Å². The summed E-state index contributed by atoms with van der Waals surface area (Å²) in [6, 6.07) is 13.5. The zero-order valence-electron chi connectivity index (χ0n) is 18.7. The van der Waals surface area contributed by atoms with Crippen LogP contribution in [0, 0.1) is 26.2 Å². The minimum atomic E-state index is 0.244. The largest absolute Gasteiger partial charge is 0.256 e. The molecule has 2 heteroatoms. The first-order valence-electron chi connectivity index (χ1n) is 10.4. The molecule has 29 heavy (non-hydrogen) atoms. The summed E-state index contributed by atoms with van der Waals surface area (Å²) >= 11 is 0. The van der Waals surface area contributed by atoms with Crippen LogP contribution in [0.3, 0.4) is 0 Å². The van der Waals surface area contributed by atoms with Gasteiger partial charge < -0.3 is 0 Å². The highest BCUT2D eigenvalue weighted by atomic mass is 14.9. The van der Waals surface area contributed by atoms with E-state index in [-0.39, 0.29) is 5.41 Å². The fraction of sp³-hybridized carbons (Fsp3) is 0.333. The standard InChI is InChI=1S/C27H31N2/c1-17-14-18(2)19(3)24(15-17)26-23-9-8-21-20(16-27(4,5)6)10-12-28-25(21)22(23)11-13-29(26)7/h8-15H,16H2,1-7H3/q+1. The quantitative estimate of drug-likeness (QED) is 0.289. The Morgan fingerprint density at radius 1 is 0.897 bits per heavy atom. The second-order valence-electron chi connectivity index (χ2n) is 9.66. The van der Waals surface area contributed by atoms with Gasteiger partial charge >= 0.3 is 0 Å². The molecule has 0 unspecified atom stereocenters. The zero-order chi connectivity index (χ0) is 20.9. The van der Waals surface area contributed by atoms with Gasteiger partial charge in [-0.05, 0) is 67.5 Å². The second kappa shape index (κ2) is 6.95. The predicted molar refractivity (Wildman–Crippen MR) is 123 cm³/mol. The van der Waals surface area contributed by atoms with E-state index in [1.165, 1.54) is 49.7 Å². The molecule has 4 aromatic rings. The summed E-state index contributed by atoms with van der Waals surface area (Å²) in [5.74, 6) is 0. The van der Waals surface area contributed by atoms with Gasteiger partial charge in [0.05, 0.1) is 16.5 Å². The fourth-order valence-corrected chi connectivity index (χ4v) is 4.47.